The summed E-state index contributed by atoms with van der Waals surface area (Å²) in [6.45, 7) is 0. The molecule has 0 aliphatic heterocycles. The molecule has 0 spiro atoms. The van der Waals surface area contributed by atoms with Gasteiger partial charge in [-0.15, -0.1) is 11.3 Å². The first kappa shape index (κ1) is 15.7. The molecule has 0 radical (unpaired) electrons. The molecule has 3 rings (SSSR count). The fourth-order valence-corrected chi connectivity index (χ4v) is 3.43. The van der Waals surface area contributed by atoms with Crippen LogP contribution in [-0.4, -0.2) is 21.5 Å². The van der Waals surface area contributed by atoms with E-state index < -0.39 is 5.97 Å². The van der Waals surface area contributed by atoms with Crippen molar-refractivity contribution < 1.29 is 15.4 Å². The van der Waals surface area contributed by atoms with Gasteiger partial charge in [0.25, 0.3) is 0 Å². The number of carboxylic acid groups (broad SMARTS) is 1. The minimum absolute atomic E-state index is 0. The van der Waals surface area contributed by atoms with Crippen LogP contribution in [0.1, 0.15) is 10.4 Å². The van der Waals surface area contributed by atoms with Gasteiger partial charge in [0, 0.05) is 10.6 Å². The first-order valence-electron chi connectivity index (χ1n) is 5.64. The highest BCUT2D eigenvalue weighted by molar-refractivity contribution is 7.21. The molecule has 0 amide bonds. The zero-order valence-corrected chi connectivity index (χ0v) is 12.8. The second-order valence-corrected chi connectivity index (χ2v) is 5.97. The SMILES string of the molecule is O.O=C(O)c1cccc(Cl)c1-c1nc2cc(Cl)ccc2s1. The highest BCUT2D eigenvalue weighted by Crippen LogP contribution is 2.37. The summed E-state index contributed by atoms with van der Waals surface area (Å²) in [5, 5.41) is 10.8. The topological polar surface area (TPSA) is 81.7 Å². The van der Waals surface area contributed by atoms with E-state index in [1.54, 1.807) is 24.3 Å². The number of fused-ring (bicyclic) bond motifs is 1. The maximum atomic E-state index is 11.3. The molecule has 3 N–H and O–H groups in total. The minimum Gasteiger partial charge on any atom is -0.478 e. The zero-order valence-electron chi connectivity index (χ0n) is 10.4. The van der Waals surface area contributed by atoms with Crippen molar-refractivity contribution in [2.75, 3.05) is 0 Å². The molecule has 108 valence electrons. The summed E-state index contributed by atoms with van der Waals surface area (Å²) in [6, 6.07) is 10.2. The highest BCUT2D eigenvalue weighted by atomic mass is 35.5. The molecule has 0 unspecified atom stereocenters. The summed E-state index contributed by atoms with van der Waals surface area (Å²) >= 11 is 13.5. The van der Waals surface area contributed by atoms with E-state index in [0.717, 1.165) is 10.2 Å². The Morgan fingerprint density at radius 2 is 1.95 bits per heavy atom. The van der Waals surface area contributed by atoms with Gasteiger partial charge in [-0.25, -0.2) is 9.78 Å². The maximum Gasteiger partial charge on any atom is 0.336 e. The van der Waals surface area contributed by atoms with E-state index in [1.807, 2.05) is 6.07 Å². The van der Waals surface area contributed by atoms with Crippen molar-refractivity contribution in [3.63, 3.8) is 0 Å². The van der Waals surface area contributed by atoms with Crippen molar-refractivity contribution in [1.82, 2.24) is 4.98 Å². The smallest absolute Gasteiger partial charge is 0.336 e. The van der Waals surface area contributed by atoms with Crippen LogP contribution in [0.4, 0.5) is 0 Å². The molecule has 0 saturated carbocycles. The number of aromatic nitrogens is 1. The Kier molecular flexibility index (Phi) is 4.49. The Morgan fingerprint density at radius 3 is 2.67 bits per heavy atom. The van der Waals surface area contributed by atoms with Gasteiger partial charge in [-0.1, -0.05) is 29.3 Å². The predicted octanol–water partition coefficient (Wildman–Crippen LogP) is 4.14. The van der Waals surface area contributed by atoms with E-state index in [-0.39, 0.29) is 11.0 Å². The molecule has 7 heteroatoms. The molecule has 21 heavy (non-hydrogen) atoms. The average Bonchev–Trinajstić information content (AvgIpc) is 2.80. The maximum absolute atomic E-state index is 11.3. The molecule has 2 aromatic carbocycles. The van der Waals surface area contributed by atoms with Crippen molar-refractivity contribution in [2.45, 2.75) is 0 Å². The Balaban J connectivity index is 0.00000161. The Labute approximate surface area is 133 Å². The van der Waals surface area contributed by atoms with Crippen LogP contribution in [0.25, 0.3) is 20.8 Å². The lowest BCUT2D eigenvalue weighted by Gasteiger charge is -2.04. The summed E-state index contributed by atoms with van der Waals surface area (Å²) in [6.07, 6.45) is 0. The third-order valence-corrected chi connectivity index (χ3v) is 4.41. The first-order valence-corrected chi connectivity index (χ1v) is 7.22. The van der Waals surface area contributed by atoms with Crippen molar-refractivity contribution >= 4 is 50.7 Å². The predicted molar refractivity (Wildman–Crippen MR) is 85.6 cm³/mol. The van der Waals surface area contributed by atoms with Gasteiger partial charge in [-0.3, -0.25) is 0 Å². The summed E-state index contributed by atoms with van der Waals surface area (Å²) in [7, 11) is 0. The summed E-state index contributed by atoms with van der Waals surface area (Å²) < 4.78 is 0.931. The Bertz CT molecular complexity index is 832. The zero-order chi connectivity index (χ0) is 14.3. The van der Waals surface area contributed by atoms with Gasteiger partial charge < -0.3 is 10.6 Å². The molecule has 0 bridgehead atoms. The number of carbonyl (C=O) groups is 1. The largest absolute Gasteiger partial charge is 0.478 e. The number of benzene rings is 2. The number of rotatable bonds is 2. The third-order valence-electron chi connectivity index (χ3n) is 2.81. The van der Waals surface area contributed by atoms with Crippen LogP contribution < -0.4 is 0 Å². The lowest BCUT2D eigenvalue weighted by molar-refractivity contribution is 0.0697. The lowest BCUT2D eigenvalue weighted by atomic mass is 10.1. The van der Waals surface area contributed by atoms with Gasteiger partial charge in [0.05, 0.1) is 20.8 Å². The summed E-state index contributed by atoms with van der Waals surface area (Å²) in [4.78, 5) is 15.7. The molecule has 3 aromatic rings. The van der Waals surface area contributed by atoms with Crippen LogP contribution in [0.5, 0.6) is 0 Å². The minimum atomic E-state index is -1.03. The summed E-state index contributed by atoms with van der Waals surface area (Å²) in [5.74, 6) is -1.03. The van der Waals surface area contributed by atoms with Crippen LogP contribution >= 0.6 is 34.5 Å². The molecule has 0 fully saturated rings. The van der Waals surface area contributed by atoms with E-state index in [9.17, 15) is 9.90 Å². The number of carboxylic acids is 1. The first-order chi connectivity index (χ1) is 9.56. The average molecular weight is 342 g/mol. The normalized spacial score (nSPS) is 10.4. The Hall–Kier alpha value is -1.66. The Morgan fingerprint density at radius 1 is 1.19 bits per heavy atom. The number of hydrogen-bond donors (Lipinski definition) is 1. The molecule has 0 atom stereocenters. The third kappa shape index (κ3) is 2.87. The molecule has 0 aliphatic carbocycles. The number of nitrogens with zero attached hydrogens (tertiary/aromatic N) is 1. The van der Waals surface area contributed by atoms with Gasteiger partial charge in [0.15, 0.2) is 0 Å². The lowest BCUT2D eigenvalue weighted by Crippen LogP contribution is -1.99. The monoisotopic (exact) mass is 341 g/mol. The number of hydrogen-bond acceptors (Lipinski definition) is 3. The standard InChI is InChI=1S/C14H7Cl2NO2S.H2O/c15-7-4-5-11-10(6-7)17-13(20-11)12-8(14(18)19)2-1-3-9(12)16;/h1-6H,(H,18,19);1H2. The van der Waals surface area contributed by atoms with Crippen LogP contribution in [0.3, 0.4) is 0 Å². The van der Waals surface area contributed by atoms with Crippen LogP contribution in [0.15, 0.2) is 36.4 Å². The molecule has 0 saturated heterocycles. The van der Waals surface area contributed by atoms with Crippen molar-refractivity contribution in [3.05, 3.63) is 52.0 Å². The van der Waals surface area contributed by atoms with E-state index >= 15 is 0 Å². The molecular formula is C14H9Cl2NO3S. The molecule has 1 aromatic heterocycles. The fourth-order valence-electron chi connectivity index (χ4n) is 1.93. The number of thiazole rings is 1. The van der Waals surface area contributed by atoms with Crippen LogP contribution in [-0.2, 0) is 0 Å². The van der Waals surface area contributed by atoms with E-state index in [0.29, 0.717) is 20.6 Å². The van der Waals surface area contributed by atoms with Gasteiger partial charge >= 0.3 is 5.97 Å². The van der Waals surface area contributed by atoms with Gasteiger partial charge in [-0.05, 0) is 30.3 Å². The quantitative estimate of drug-likeness (QED) is 0.760. The van der Waals surface area contributed by atoms with Crippen LogP contribution in [0, 0.1) is 0 Å². The second kappa shape index (κ2) is 5.99. The van der Waals surface area contributed by atoms with Gasteiger partial charge in [-0.2, -0.15) is 0 Å². The molecule has 1 heterocycles. The fraction of sp³-hybridized carbons (Fsp3) is 0. The van der Waals surface area contributed by atoms with Crippen molar-refractivity contribution in [3.8, 4) is 10.6 Å². The number of aromatic carboxylic acids is 1. The molecular weight excluding hydrogens is 333 g/mol. The van der Waals surface area contributed by atoms with Gasteiger partial charge in [0.1, 0.15) is 5.01 Å². The van der Waals surface area contributed by atoms with Crippen molar-refractivity contribution in [2.24, 2.45) is 0 Å². The highest BCUT2D eigenvalue weighted by Gasteiger charge is 2.18. The van der Waals surface area contributed by atoms with Crippen molar-refractivity contribution in [1.29, 1.82) is 0 Å². The van der Waals surface area contributed by atoms with E-state index in [4.69, 9.17) is 23.2 Å². The summed E-state index contributed by atoms with van der Waals surface area (Å²) in [5.41, 5.74) is 1.32. The van der Waals surface area contributed by atoms with Gasteiger partial charge in [0.2, 0.25) is 0 Å². The molecule has 0 aliphatic rings. The van der Waals surface area contributed by atoms with E-state index in [1.165, 1.54) is 17.4 Å². The molecule has 4 nitrogen and oxygen atoms in total. The second-order valence-electron chi connectivity index (χ2n) is 4.10. The van der Waals surface area contributed by atoms with E-state index in [2.05, 4.69) is 4.98 Å². The number of halogens is 2. The van der Waals surface area contributed by atoms with Crippen LogP contribution in [0.2, 0.25) is 10.0 Å².